The van der Waals surface area contributed by atoms with Gasteiger partial charge in [-0.1, -0.05) is 0 Å². The smallest absolute Gasteiger partial charge is 0.327 e. The van der Waals surface area contributed by atoms with Crippen LogP contribution in [0.4, 0.5) is 0 Å². The van der Waals surface area contributed by atoms with E-state index < -0.39 is 60.7 Å². The summed E-state index contributed by atoms with van der Waals surface area (Å²) in [5.74, 6) is -6.42. The molecule has 0 aromatic rings. The van der Waals surface area contributed by atoms with E-state index in [1.54, 1.807) is 0 Å². The molecule has 12 heteroatoms. The zero-order chi connectivity index (χ0) is 19.7. The van der Waals surface area contributed by atoms with Crippen LogP contribution in [0.2, 0.25) is 0 Å². The number of carboxylic acid groups (broad SMARTS) is 3. The average Bonchev–Trinajstić information content (AvgIpc) is 2.53. The normalized spacial score (nSPS) is 14.2. The van der Waals surface area contributed by atoms with Gasteiger partial charge in [-0.25, -0.2) is 4.79 Å². The van der Waals surface area contributed by atoms with Gasteiger partial charge in [0, 0.05) is 18.6 Å². The van der Waals surface area contributed by atoms with Crippen LogP contribution in [0.15, 0.2) is 0 Å². The third-order valence-electron chi connectivity index (χ3n) is 3.28. The SMILES string of the molecule is NC(CCC(=O)N(C(=O)CCC(N)C(=O)O)C(CS)C(=O)O)C(=O)O. The van der Waals surface area contributed by atoms with E-state index in [4.69, 9.17) is 26.8 Å². The highest BCUT2D eigenvalue weighted by molar-refractivity contribution is 7.80. The van der Waals surface area contributed by atoms with E-state index >= 15 is 0 Å². The number of rotatable bonds is 11. The molecule has 0 aliphatic heterocycles. The van der Waals surface area contributed by atoms with Gasteiger partial charge >= 0.3 is 17.9 Å². The topological polar surface area (TPSA) is 201 Å². The first-order chi connectivity index (χ1) is 11.5. The van der Waals surface area contributed by atoms with E-state index in [0.717, 1.165) is 0 Å². The minimum Gasteiger partial charge on any atom is -0.480 e. The Balaban J connectivity index is 5.17. The molecule has 3 atom stereocenters. The lowest BCUT2D eigenvalue weighted by molar-refractivity contribution is -0.157. The van der Waals surface area contributed by atoms with Gasteiger partial charge in [-0.3, -0.25) is 24.1 Å². The molecule has 0 fully saturated rings. The summed E-state index contributed by atoms with van der Waals surface area (Å²) in [6, 6.07) is -4.27. The van der Waals surface area contributed by atoms with E-state index in [9.17, 15) is 24.0 Å². The number of nitrogens with zero attached hydrogens (tertiary/aromatic N) is 1. The summed E-state index contributed by atoms with van der Waals surface area (Å²) < 4.78 is 0. The summed E-state index contributed by atoms with van der Waals surface area (Å²) in [6.07, 6.45) is -1.54. The average molecular weight is 379 g/mol. The number of nitrogens with two attached hydrogens (primary N) is 2. The predicted octanol–water partition coefficient (Wildman–Crippen LogP) is -1.89. The molecule has 0 rings (SSSR count). The Kier molecular flexibility index (Phi) is 9.71. The minimum absolute atomic E-state index is 0.300. The molecule has 0 saturated heterocycles. The summed E-state index contributed by atoms with van der Waals surface area (Å²) in [5, 5.41) is 26.5. The van der Waals surface area contributed by atoms with E-state index in [2.05, 4.69) is 12.6 Å². The standard InChI is InChI=1S/C13H21N3O8S/c14-6(11(19)20)1-3-9(17)16(8(5-25)13(23)24)10(18)4-2-7(15)12(21)22/h6-8,25H,1-5,14-15H2,(H,19,20)(H,21,22)(H,23,24). The summed E-state index contributed by atoms with van der Waals surface area (Å²) in [4.78, 5) is 57.4. The fourth-order valence-corrected chi connectivity index (χ4v) is 2.12. The van der Waals surface area contributed by atoms with Crippen LogP contribution in [0.1, 0.15) is 25.7 Å². The van der Waals surface area contributed by atoms with Crippen LogP contribution >= 0.6 is 12.6 Å². The minimum atomic E-state index is -1.58. The Morgan fingerprint density at radius 1 is 0.800 bits per heavy atom. The number of thiol groups is 1. The maximum atomic E-state index is 12.2. The summed E-state index contributed by atoms with van der Waals surface area (Å²) in [5.41, 5.74) is 10.5. The van der Waals surface area contributed by atoms with Crippen LogP contribution in [0.5, 0.6) is 0 Å². The highest BCUT2D eigenvalue weighted by Crippen LogP contribution is 2.12. The molecule has 11 nitrogen and oxygen atoms in total. The van der Waals surface area contributed by atoms with Crippen LogP contribution < -0.4 is 11.5 Å². The second kappa shape index (κ2) is 10.6. The quantitative estimate of drug-likeness (QED) is 0.220. The molecule has 0 bridgehead atoms. The van der Waals surface area contributed by atoms with Crippen LogP contribution in [0.3, 0.4) is 0 Å². The summed E-state index contributed by atoms with van der Waals surface area (Å²) >= 11 is 3.80. The molecule has 0 aromatic carbocycles. The third-order valence-corrected chi connectivity index (χ3v) is 3.63. The van der Waals surface area contributed by atoms with E-state index in [0.29, 0.717) is 4.90 Å². The molecule has 142 valence electrons. The number of hydrogen-bond donors (Lipinski definition) is 6. The van der Waals surface area contributed by atoms with Crippen LogP contribution in [-0.2, 0) is 24.0 Å². The molecular weight excluding hydrogens is 358 g/mol. The van der Waals surface area contributed by atoms with Gasteiger partial charge in [0.2, 0.25) is 11.8 Å². The zero-order valence-corrected chi connectivity index (χ0v) is 14.1. The van der Waals surface area contributed by atoms with Gasteiger partial charge in [-0.2, -0.15) is 12.6 Å². The molecular formula is C13H21N3O8S. The zero-order valence-electron chi connectivity index (χ0n) is 13.2. The molecule has 3 unspecified atom stereocenters. The van der Waals surface area contributed by atoms with Gasteiger partial charge in [0.1, 0.15) is 18.1 Å². The molecule has 0 heterocycles. The number of amides is 2. The van der Waals surface area contributed by atoms with Crippen molar-refractivity contribution >= 4 is 42.4 Å². The molecule has 25 heavy (non-hydrogen) atoms. The van der Waals surface area contributed by atoms with Gasteiger partial charge in [0.15, 0.2) is 0 Å². The van der Waals surface area contributed by atoms with Crippen molar-refractivity contribution in [2.24, 2.45) is 11.5 Å². The molecule has 2 amide bonds. The Hall–Kier alpha value is -2.18. The van der Waals surface area contributed by atoms with Crippen molar-refractivity contribution in [3.05, 3.63) is 0 Å². The molecule has 0 aliphatic rings. The number of hydrogen-bond acceptors (Lipinski definition) is 8. The fraction of sp³-hybridized carbons (Fsp3) is 0.615. The van der Waals surface area contributed by atoms with E-state index in [1.165, 1.54) is 0 Å². The van der Waals surface area contributed by atoms with E-state index in [1.807, 2.05) is 0 Å². The van der Waals surface area contributed by atoms with Gasteiger partial charge in [0.05, 0.1) is 0 Å². The second-order valence-corrected chi connectivity index (χ2v) is 5.53. The molecule has 0 aliphatic carbocycles. The monoisotopic (exact) mass is 379 g/mol. The Morgan fingerprint density at radius 3 is 1.40 bits per heavy atom. The Morgan fingerprint density at radius 2 is 1.16 bits per heavy atom. The lowest BCUT2D eigenvalue weighted by Crippen LogP contribution is -2.50. The highest BCUT2D eigenvalue weighted by Gasteiger charge is 2.34. The van der Waals surface area contributed by atoms with Crippen molar-refractivity contribution < 1.29 is 39.3 Å². The van der Waals surface area contributed by atoms with Crippen molar-refractivity contribution in [3.8, 4) is 0 Å². The Labute approximate surface area is 148 Å². The molecule has 0 saturated carbocycles. The van der Waals surface area contributed by atoms with Crippen LogP contribution in [-0.4, -0.2) is 73.8 Å². The van der Waals surface area contributed by atoms with Gasteiger partial charge < -0.3 is 26.8 Å². The lowest BCUT2D eigenvalue weighted by atomic mass is 10.1. The third kappa shape index (κ3) is 7.49. The van der Waals surface area contributed by atoms with Crippen molar-refractivity contribution in [2.45, 2.75) is 43.8 Å². The lowest BCUT2D eigenvalue weighted by Gasteiger charge is -2.27. The number of carbonyl (C=O) groups excluding carboxylic acids is 2. The number of carbonyl (C=O) groups is 5. The van der Waals surface area contributed by atoms with Crippen LogP contribution in [0.25, 0.3) is 0 Å². The van der Waals surface area contributed by atoms with Crippen molar-refractivity contribution in [1.82, 2.24) is 4.90 Å². The van der Waals surface area contributed by atoms with Gasteiger partial charge in [-0.05, 0) is 12.8 Å². The Bertz CT molecular complexity index is 505. The molecule has 0 aromatic heterocycles. The van der Waals surface area contributed by atoms with Gasteiger partial charge in [0.25, 0.3) is 0 Å². The highest BCUT2D eigenvalue weighted by atomic mass is 32.1. The number of aliphatic carboxylic acids is 3. The van der Waals surface area contributed by atoms with E-state index in [-0.39, 0.29) is 18.6 Å². The summed E-state index contributed by atoms with van der Waals surface area (Å²) in [7, 11) is 0. The molecule has 7 N–H and O–H groups in total. The first-order valence-corrected chi connectivity index (χ1v) is 7.81. The number of carboxylic acids is 3. The molecule has 0 radical (unpaired) electrons. The first kappa shape index (κ1) is 22.8. The maximum Gasteiger partial charge on any atom is 0.327 e. The van der Waals surface area contributed by atoms with Crippen LogP contribution in [0, 0.1) is 0 Å². The summed E-state index contributed by atoms with van der Waals surface area (Å²) in [6.45, 7) is 0. The predicted molar refractivity (Wildman–Crippen MR) is 86.8 cm³/mol. The van der Waals surface area contributed by atoms with Crippen molar-refractivity contribution in [2.75, 3.05) is 5.75 Å². The molecule has 0 spiro atoms. The van der Waals surface area contributed by atoms with Gasteiger partial charge in [-0.15, -0.1) is 0 Å². The maximum absolute atomic E-state index is 12.2. The van der Waals surface area contributed by atoms with Crippen molar-refractivity contribution in [1.29, 1.82) is 0 Å². The first-order valence-electron chi connectivity index (χ1n) is 7.18. The van der Waals surface area contributed by atoms with Crippen molar-refractivity contribution in [3.63, 3.8) is 0 Å². The fourth-order valence-electron chi connectivity index (χ4n) is 1.80. The second-order valence-electron chi connectivity index (χ2n) is 5.16. The largest absolute Gasteiger partial charge is 0.480 e. The number of imide groups is 1.